The zero-order valence-electron chi connectivity index (χ0n) is 8.08. The minimum Gasteiger partial charge on any atom is -0.468 e. The molecule has 14 heavy (non-hydrogen) atoms. The van der Waals surface area contributed by atoms with E-state index in [9.17, 15) is 4.79 Å². The van der Waals surface area contributed by atoms with Crippen LogP contribution in [-0.4, -0.2) is 43.9 Å². The molecule has 1 saturated heterocycles. The second kappa shape index (κ2) is 5.29. The van der Waals surface area contributed by atoms with E-state index in [1.807, 2.05) is 0 Å². The topological polar surface area (TPSA) is 64.8 Å². The molecule has 0 amide bonds. The molecule has 1 rings (SSSR count). The average Bonchev–Trinajstić information content (AvgIpc) is 2.18. The molecule has 1 heterocycles. The van der Waals surface area contributed by atoms with Gasteiger partial charge in [-0.05, 0) is 12.8 Å². The summed E-state index contributed by atoms with van der Waals surface area (Å²) in [7, 11) is 2.97. The van der Waals surface area contributed by atoms with Gasteiger partial charge in [0, 0.05) is 13.1 Å². The van der Waals surface area contributed by atoms with Gasteiger partial charge in [-0.3, -0.25) is 4.79 Å². The van der Waals surface area contributed by atoms with Gasteiger partial charge in [-0.25, -0.2) is 0 Å². The number of nitrogens with two attached hydrogens (primary N) is 1. The van der Waals surface area contributed by atoms with E-state index in [0.717, 1.165) is 0 Å². The van der Waals surface area contributed by atoms with Crippen LogP contribution < -0.4 is 5.73 Å². The van der Waals surface area contributed by atoms with Crippen LogP contribution in [0.25, 0.3) is 0 Å². The molecule has 84 valence electrons. The van der Waals surface area contributed by atoms with Crippen molar-refractivity contribution in [1.82, 2.24) is 5.06 Å². The lowest BCUT2D eigenvalue weighted by atomic mass is 9.89. The van der Waals surface area contributed by atoms with Crippen molar-refractivity contribution in [2.75, 3.05) is 27.3 Å². The molecule has 2 N–H and O–H groups in total. The van der Waals surface area contributed by atoms with E-state index >= 15 is 0 Å². The fourth-order valence-corrected chi connectivity index (χ4v) is 1.48. The normalized spacial score (nSPS) is 21.1. The summed E-state index contributed by atoms with van der Waals surface area (Å²) in [6.07, 6.45) is 1.15. The molecule has 0 radical (unpaired) electrons. The Labute approximate surface area is 85.1 Å². The molecular weight excluding hydrogens is 184 g/mol. The number of piperidine rings is 1. The van der Waals surface area contributed by atoms with Crippen LogP contribution in [-0.2, 0) is 14.4 Å². The highest BCUT2D eigenvalue weighted by Crippen LogP contribution is 2.20. The maximum absolute atomic E-state index is 11.3. The Morgan fingerprint density at radius 1 is 1.36 bits per heavy atom. The zero-order chi connectivity index (χ0) is 9.90. The number of rotatable bonds is 2. The largest absolute Gasteiger partial charge is 0.468 e. The minimum absolute atomic E-state index is 0. The van der Waals surface area contributed by atoms with Gasteiger partial charge >= 0.3 is 5.97 Å². The smallest absolute Gasteiger partial charge is 0.325 e. The molecular formula is C9H20N2O3. The second-order valence-electron chi connectivity index (χ2n) is 3.26. The highest BCUT2D eigenvalue weighted by molar-refractivity contribution is 5.80. The lowest BCUT2D eigenvalue weighted by Crippen LogP contribution is -2.55. The number of hydrogen-bond donors (Lipinski definition) is 1. The van der Waals surface area contributed by atoms with Gasteiger partial charge in [0.2, 0.25) is 0 Å². The van der Waals surface area contributed by atoms with Crippen LogP contribution in [0, 0.1) is 0 Å². The Hall–Kier alpha value is -0.650. The molecule has 1 aliphatic rings. The Morgan fingerprint density at radius 2 is 1.86 bits per heavy atom. The van der Waals surface area contributed by atoms with Crippen LogP contribution in [0.2, 0.25) is 0 Å². The maximum atomic E-state index is 11.3. The van der Waals surface area contributed by atoms with E-state index in [0.29, 0.717) is 25.9 Å². The standard InChI is InChI=1S/C8H16N2O3.CH4/c1-12-7(11)8(9)3-5-10(13-2)6-4-8;/h3-6,9H2,1-2H3;1H4. The molecule has 0 aliphatic carbocycles. The number of esters is 1. The summed E-state index contributed by atoms with van der Waals surface area (Å²) in [6.45, 7) is 1.34. The van der Waals surface area contributed by atoms with Crippen LogP contribution in [0.5, 0.6) is 0 Å². The average molecular weight is 204 g/mol. The van der Waals surface area contributed by atoms with E-state index in [-0.39, 0.29) is 13.4 Å². The van der Waals surface area contributed by atoms with Gasteiger partial charge in [-0.2, -0.15) is 5.06 Å². The fraction of sp³-hybridized carbons (Fsp3) is 0.889. The monoisotopic (exact) mass is 204 g/mol. The molecule has 5 nitrogen and oxygen atoms in total. The molecule has 5 heteroatoms. The van der Waals surface area contributed by atoms with Crippen LogP contribution in [0.15, 0.2) is 0 Å². The number of ether oxygens (including phenoxy) is 1. The summed E-state index contributed by atoms with van der Waals surface area (Å²) in [6, 6.07) is 0. The predicted molar refractivity (Wildman–Crippen MR) is 53.5 cm³/mol. The van der Waals surface area contributed by atoms with E-state index in [2.05, 4.69) is 4.74 Å². The zero-order valence-corrected chi connectivity index (χ0v) is 8.08. The summed E-state index contributed by atoms with van der Waals surface area (Å²) in [5.41, 5.74) is 5.06. The molecule has 0 unspecified atom stereocenters. The first-order valence-electron chi connectivity index (χ1n) is 4.29. The summed E-state index contributed by atoms with van der Waals surface area (Å²) >= 11 is 0. The van der Waals surface area contributed by atoms with Crippen molar-refractivity contribution in [2.24, 2.45) is 5.73 Å². The highest BCUT2D eigenvalue weighted by atomic mass is 16.7. The molecule has 0 saturated carbocycles. The van der Waals surface area contributed by atoms with Gasteiger partial charge in [0.1, 0.15) is 5.54 Å². The van der Waals surface area contributed by atoms with Crippen molar-refractivity contribution in [3.05, 3.63) is 0 Å². The molecule has 0 bridgehead atoms. The molecule has 0 aromatic rings. The first-order valence-corrected chi connectivity index (χ1v) is 4.29. The van der Waals surface area contributed by atoms with Crippen LogP contribution in [0.1, 0.15) is 20.3 Å². The van der Waals surface area contributed by atoms with Gasteiger partial charge in [0.25, 0.3) is 0 Å². The minimum atomic E-state index is -0.816. The number of nitrogens with zero attached hydrogens (tertiary/aromatic N) is 1. The second-order valence-corrected chi connectivity index (χ2v) is 3.26. The van der Waals surface area contributed by atoms with Crippen molar-refractivity contribution in [1.29, 1.82) is 0 Å². The van der Waals surface area contributed by atoms with E-state index in [1.54, 1.807) is 12.2 Å². The van der Waals surface area contributed by atoms with Crippen LogP contribution >= 0.6 is 0 Å². The van der Waals surface area contributed by atoms with Gasteiger partial charge in [-0.15, -0.1) is 0 Å². The lowest BCUT2D eigenvalue weighted by Gasteiger charge is -2.35. The van der Waals surface area contributed by atoms with Crippen LogP contribution in [0.4, 0.5) is 0 Å². The summed E-state index contributed by atoms with van der Waals surface area (Å²) in [5, 5.41) is 1.79. The predicted octanol–water partition coefficient (Wildman–Crippen LogP) is 0.150. The first kappa shape index (κ1) is 13.4. The number of methoxy groups -OCH3 is 1. The van der Waals surface area contributed by atoms with Gasteiger partial charge in [0.15, 0.2) is 0 Å². The molecule has 0 spiro atoms. The fourth-order valence-electron chi connectivity index (χ4n) is 1.48. The van der Waals surface area contributed by atoms with Gasteiger partial charge in [-0.1, -0.05) is 7.43 Å². The summed E-state index contributed by atoms with van der Waals surface area (Å²) < 4.78 is 4.64. The Balaban J connectivity index is 0.00000169. The molecule has 0 aromatic heterocycles. The molecule has 0 aromatic carbocycles. The van der Waals surface area contributed by atoms with E-state index in [4.69, 9.17) is 10.6 Å². The first-order chi connectivity index (χ1) is 6.12. The number of hydroxylamine groups is 2. The Bertz CT molecular complexity index is 188. The highest BCUT2D eigenvalue weighted by Gasteiger charge is 2.38. The van der Waals surface area contributed by atoms with Gasteiger partial charge < -0.3 is 15.3 Å². The summed E-state index contributed by atoms with van der Waals surface area (Å²) in [5.74, 6) is -0.330. The van der Waals surface area contributed by atoms with Crippen molar-refractivity contribution in [2.45, 2.75) is 25.8 Å². The number of hydrogen-bond acceptors (Lipinski definition) is 5. The third kappa shape index (κ3) is 2.67. The lowest BCUT2D eigenvalue weighted by molar-refractivity contribution is -0.167. The Morgan fingerprint density at radius 3 is 2.21 bits per heavy atom. The molecule has 1 aliphatic heterocycles. The molecule has 0 atom stereocenters. The summed E-state index contributed by atoms with van der Waals surface area (Å²) in [4.78, 5) is 16.3. The van der Waals surface area contributed by atoms with Crippen molar-refractivity contribution < 1.29 is 14.4 Å². The van der Waals surface area contributed by atoms with Crippen molar-refractivity contribution >= 4 is 5.97 Å². The van der Waals surface area contributed by atoms with Crippen molar-refractivity contribution in [3.8, 4) is 0 Å². The van der Waals surface area contributed by atoms with Crippen molar-refractivity contribution in [3.63, 3.8) is 0 Å². The van der Waals surface area contributed by atoms with Crippen LogP contribution in [0.3, 0.4) is 0 Å². The van der Waals surface area contributed by atoms with Gasteiger partial charge in [0.05, 0.1) is 14.2 Å². The molecule has 1 fully saturated rings. The van der Waals surface area contributed by atoms with E-state index < -0.39 is 5.54 Å². The van der Waals surface area contributed by atoms with E-state index in [1.165, 1.54) is 7.11 Å². The third-order valence-corrected chi connectivity index (χ3v) is 2.46. The quantitative estimate of drug-likeness (QED) is 0.649. The Kier molecular flexibility index (Phi) is 5.04. The number of carbonyl (C=O) groups is 1. The SMILES string of the molecule is C.COC(=O)C1(N)CCN(OC)CC1. The maximum Gasteiger partial charge on any atom is 0.325 e. The third-order valence-electron chi connectivity index (χ3n) is 2.46. The number of carbonyl (C=O) groups excluding carboxylic acids is 1.